The Balaban J connectivity index is 1.55. The maximum atomic E-state index is 13.5. The number of amides is 1. The van der Waals surface area contributed by atoms with Crippen LogP contribution in [0.1, 0.15) is 42.3 Å². The van der Waals surface area contributed by atoms with Gasteiger partial charge in [-0.1, -0.05) is 12.1 Å². The smallest absolute Gasteiger partial charge is 0.451 e. The molecule has 1 aromatic carbocycles. The van der Waals surface area contributed by atoms with Gasteiger partial charge in [0, 0.05) is 27.1 Å². The number of fused-ring (bicyclic) bond motifs is 1. The van der Waals surface area contributed by atoms with E-state index >= 15 is 0 Å². The van der Waals surface area contributed by atoms with Crippen molar-refractivity contribution in [1.29, 1.82) is 0 Å². The van der Waals surface area contributed by atoms with Gasteiger partial charge in [-0.25, -0.2) is 18.4 Å². The van der Waals surface area contributed by atoms with Gasteiger partial charge in [0.05, 0.1) is 11.0 Å². The molecule has 1 aromatic heterocycles. The first-order valence-electron chi connectivity index (χ1n) is 9.74. The highest BCUT2D eigenvalue weighted by molar-refractivity contribution is 5.97. The van der Waals surface area contributed by atoms with Crippen LogP contribution in [0, 0.1) is 5.92 Å². The van der Waals surface area contributed by atoms with Gasteiger partial charge in [-0.3, -0.25) is 4.79 Å². The Labute approximate surface area is 175 Å². The number of hydrogen-bond donors (Lipinski definition) is 0. The van der Waals surface area contributed by atoms with Crippen LogP contribution in [0.4, 0.5) is 22.0 Å². The number of hydrogen-bond acceptors (Lipinski definition) is 4. The molecule has 1 aliphatic carbocycles. The second-order valence-corrected chi connectivity index (χ2v) is 8.34. The molecule has 0 N–H and O–H groups in total. The lowest BCUT2D eigenvalue weighted by Crippen LogP contribution is -2.35. The molecule has 0 radical (unpaired) electrons. The summed E-state index contributed by atoms with van der Waals surface area (Å²) in [6.07, 6.45) is -5.48. The lowest BCUT2D eigenvalue weighted by atomic mass is 10.1. The van der Waals surface area contributed by atoms with Crippen LogP contribution in [-0.4, -0.2) is 50.7 Å². The van der Waals surface area contributed by atoms with Gasteiger partial charge in [-0.15, -0.1) is 0 Å². The fraction of sp³-hybridized carbons (Fsp3) is 0.550. The minimum Gasteiger partial charge on any atom is -0.484 e. The number of aryl methyl sites for hydroxylation is 1. The standard InChI is InChI=1S/C20H21F5N4O2/c1-11(18(2,21)22)31-14-7-5-4-6-13(14)15(30)29-9-12-8-19(12,10-29)16-26-17(20(23,24)25)28(3)27-16/h4-7,11-12H,8-10H2,1-3H3/t11-,12?,19?/m0/s1. The van der Waals surface area contributed by atoms with E-state index in [2.05, 4.69) is 10.1 Å². The second kappa shape index (κ2) is 6.89. The molecule has 2 heterocycles. The lowest BCUT2D eigenvalue weighted by molar-refractivity contribution is -0.147. The Hall–Kier alpha value is -2.72. The fourth-order valence-corrected chi connectivity index (χ4v) is 4.04. The molecule has 168 valence electrons. The molecule has 0 spiro atoms. The van der Waals surface area contributed by atoms with Crippen molar-refractivity contribution in [2.24, 2.45) is 13.0 Å². The molecule has 6 nitrogen and oxygen atoms in total. The van der Waals surface area contributed by atoms with Crippen LogP contribution in [0.3, 0.4) is 0 Å². The zero-order chi connectivity index (χ0) is 22.8. The van der Waals surface area contributed by atoms with Crippen LogP contribution in [0.2, 0.25) is 0 Å². The van der Waals surface area contributed by atoms with Gasteiger partial charge in [0.15, 0.2) is 11.9 Å². The van der Waals surface area contributed by atoms with Gasteiger partial charge in [-0.05, 0) is 31.4 Å². The van der Waals surface area contributed by atoms with E-state index in [1.54, 1.807) is 12.1 Å². The van der Waals surface area contributed by atoms with Crippen molar-refractivity contribution < 1.29 is 31.5 Å². The number of carbonyl (C=O) groups excluding carboxylic acids is 1. The van der Waals surface area contributed by atoms with E-state index < -0.39 is 35.3 Å². The number of rotatable bonds is 5. The number of alkyl halides is 5. The second-order valence-electron chi connectivity index (χ2n) is 8.34. The van der Waals surface area contributed by atoms with E-state index in [-0.39, 0.29) is 29.6 Å². The highest BCUT2D eigenvalue weighted by atomic mass is 19.4. The number of nitrogens with zero attached hydrogens (tertiary/aromatic N) is 4. The van der Waals surface area contributed by atoms with Gasteiger partial charge in [0.1, 0.15) is 5.75 Å². The molecule has 1 saturated heterocycles. The van der Waals surface area contributed by atoms with E-state index in [9.17, 15) is 26.7 Å². The maximum absolute atomic E-state index is 13.5. The summed E-state index contributed by atoms with van der Waals surface area (Å²) in [6, 6.07) is 6.09. The third-order valence-electron chi connectivity index (χ3n) is 6.03. The largest absolute Gasteiger partial charge is 0.484 e. The number of para-hydroxylation sites is 1. The molecule has 0 bridgehead atoms. The molecule has 2 fully saturated rings. The Morgan fingerprint density at radius 2 is 1.94 bits per heavy atom. The summed E-state index contributed by atoms with van der Waals surface area (Å²) in [5, 5.41) is 3.96. The van der Waals surface area contributed by atoms with Crippen LogP contribution in [0.15, 0.2) is 24.3 Å². The molecule has 2 unspecified atom stereocenters. The Bertz CT molecular complexity index is 1020. The number of benzene rings is 1. The van der Waals surface area contributed by atoms with Crippen LogP contribution in [0.25, 0.3) is 0 Å². The summed E-state index contributed by atoms with van der Waals surface area (Å²) in [4.78, 5) is 18.3. The number of likely N-dealkylation sites (tertiary alicyclic amines) is 1. The van der Waals surface area contributed by atoms with Crippen LogP contribution >= 0.6 is 0 Å². The van der Waals surface area contributed by atoms with Crippen LogP contribution < -0.4 is 4.74 Å². The predicted molar refractivity (Wildman–Crippen MR) is 98.8 cm³/mol. The first-order chi connectivity index (χ1) is 14.3. The third kappa shape index (κ3) is 3.74. The van der Waals surface area contributed by atoms with E-state index in [0.717, 1.165) is 6.92 Å². The molecule has 31 heavy (non-hydrogen) atoms. The molecule has 3 atom stereocenters. The normalized spacial score (nSPS) is 24.1. The van der Waals surface area contributed by atoms with E-state index in [4.69, 9.17) is 4.74 Å². The predicted octanol–water partition coefficient (Wildman–Crippen LogP) is 3.67. The van der Waals surface area contributed by atoms with E-state index in [1.807, 2.05) is 0 Å². The molecule has 2 aliphatic rings. The molecular formula is C20H21F5N4O2. The minimum absolute atomic E-state index is 0.0338. The number of aromatic nitrogens is 3. The number of piperidine rings is 1. The first kappa shape index (κ1) is 21.5. The maximum Gasteiger partial charge on any atom is 0.451 e. The summed E-state index contributed by atoms with van der Waals surface area (Å²) in [6.45, 7) is 2.43. The van der Waals surface area contributed by atoms with Crippen molar-refractivity contribution in [3.63, 3.8) is 0 Å². The summed E-state index contributed by atoms with van der Waals surface area (Å²) < 4.78 is 72.4. The van der Waals surface area contributed by atoms with Gasteiger partial charge >= 0.3 is 6.18 Å². The Morgan fingerprint density at radius 1 is 1.26 bits per heavy atom. The van der Waals surface area contributed by atoms with Crippen LogP contribution in [0.5, 0.6) is 5.75 Å². The van der Waals surface area contributed by atoms with Crippen molar-refractivity contribution in [2.75, 3.05) is 13.1 Å². The Morgan fingerprint density at radius 3 is 2.55 bits per heavy atom. The van der Waals surface area contributed by atoms with Crippen LogP contribution in [-0.2, 0) is 18.6 Å². The van der Waals surface area contributed by atoms with Crippen molar-refractivity contribution in [1.82, 2.24) is 19.7 Å². The Kier molecular flexibility index (Phi) is 4.78. The molecular weight excluding hydrogens is 423 g/mol. The summed E-state index contributed by atoms with van der Waals surface area (Å²) in [5.74, 6) is -4.55. The van der Waals surface area contributed by atoms with Gasteiger partial charge < -0.3 is 9.64 Å². The fourth-order valence-electron chi connectivity index (χ4n) is 4.04. The third-order valence-corrected chi connectivity index (χ3v) is 6.03. The quantitative estimate of drug-likeness (QED) is 0.661. The first-order valence-corrected chi connectivity index (χ1v) is 9.74. The van der Waals surface area contributed by atoms with Crippen molar-refractivity contribution in [3.05, 3.63) is 41.5 Å². The highest BCUT2D eigenvalue weighted by Gasteiger charge is 2.64. The van der Waals surface area contributed by atoms with Crippen molar-refractivity contribution >= 4 is 5.91 Å². The molecule has 4 rings (SSSR count). The number of halogens is 5. The monoisotopic (exact) mass is 444 g/mol. The highest BCUT2D eigenvalue weighted by Crippen LogP contribution is 2.58. The summed E-state index contributed by atoms with van der Waals surface area (Å²) >= 11 is 0. The topological polar surface area (TPSA) is 60.2 Å². The molecule has 2 aromatic rings. The summed E-state index contributed by atoms with van der Waals surface area (Å²) in [7, 11) is 1.18. The van der Waals surface area contributed by atoms with E-state index in [1.165, 1.54) is 31.0 Å². The van der Waals surface area contributed by atoms with Gasteiger partial charge in [-0.2, -0.15) is 18.3 Å². The van der Waals surface area contributed by atoms with Crippen molar-refractivity contribution in [2.45, 2.75) is 43.9 Å². The zero-order valence-corrected chi connectivity index (χ0v) is 17.1. The molecule has 11 heteroatoms. The molecule has 1 amide bonds. The number of ether oxygens (including phenoxy) is 1. The van der Waals surface area contributed by atoms with Gasteiger partial charge in [0.25, 0.3) is 11.8 Å². The molecule has 1 saturated carbocycles. The zero-order valence-electron chi connectivity index (χ0n) is 17.1. The lowest BCUT2D eigenvalue weighted by Gasteiger charge is -2.24. The number of carbonyl (C=O) groups is 1. The minimum atomic E-state index is -4.62. The SMILES string of the molecule is C[C@H](Oc1ccccc1C(=O)N1CC2CC2(c2nc(C(F)(F)F)n(C)n2)C1)C(C)(F)F. The van der Waals surface area contributed by atoms with Gasteiger partial charge in [0.2, 0.25) is 5.82 Å². The average Bonchev–Trinajstić information content (AvgIpc) is 3.02. The van der Waals surface area contributed by atoms with Crippen molar-refractivity contribution in [3.8, 4) is 5.75 Å². The van der Waals surface area contributed by atoms with E-state index in [0.29, 0.717) is 17.6 Å². The molecule has 1 aliphatic heterocycles. The average molecular weight is 444 g/mol. The summed E-state index contributed by atoms with van der Waals surface area (Å²) in [5.41, 5.74) is -0.587.